The summed E-state index contributed by atoms with van der Waals surface area (Å²) in [4.78, 5) is 7.03. The second kappa shape index (κ2) is 14.7. The predicted octanol–water partition coefficient (Wildman–Crippen LogP) is 16.4. The maximum absolute atomic E-state index is 2.78. The van der Waals surface area contributed by atoms with E-state index in [4.69, 9.17) is 0 Å². The monoisotopic (exact) mass is 905 g/mol. The largest absolute Gasteiger partial charge is 0.311 e. The molecule has 0 saturated heterocycles. The number of benzene rings is 5. The van der Waals surface area contributed by atoms with Crippen molar-refractivity contribution in [2.75, 3.05) is 9.80 Å². The van der Waals surface area contributed by atoms with E-state index in [1.807, 2.05) is 0 Å². The minimum atomic E-state index is -0.0128. The molecule has 10 rings (SSSR count). The Morgan fingerprint density at radius 2 is 0.985 bits per heavy atom. The molecular weight excluding hydrogens is 828 g/mol. The second-order valence-corrected chi connectivity index (χ2v) is 28.0. The lowest BCUT2D eigenvalue weighted by atomic mass is 9.35. The number of anilines is 6. The maximum Gasteiger partial charge on any atom is 0.264 e. The van der Waals surface area contributed by atoms with Crippen molar-refractivity contribution in [1.29, 1.82) is 0 Å². The summed E-state index contributed by atoms with van der Waals surface area (Å²) < 4.78 is 1.51. The van der Waals surface area contributed by atoms with Gasteiger partial charge in [0.1, 0.15) is 0 Å². The molecule has 3 heterocycles. The smallest absolute Gasteiger partial charge is 0.264 e. The van der Waals surface area contributed by atoms with Gasteiger partial charge in [0.15, 0.2) is 0 Å². The van der Waals surface area contributed by atoms with Crippen LogP contribution in [0.2, 0.25) is 0 Å². The van der Waals surface area contributed by atoms with Crippen LogP contribution in [-0.4, -0.2) is 6.71 Å². The lowest BCUT2D eigenvalue weighted by Crippen LogP contribution is -2.61. The molecule has 2 aliphatic heterocycles. The zero-order valence-electron chi connectivity index (χ0n) is 44.4. The molecule has 348 valence electrons. The van der Waals surface area contributed by atoms with Gasteiger partial charge in [-0.3, -0.25) is 0 Å². The van der Waals surface area contributed by atoms with Crippen molar-refractivity contribution < 1.29 is 0 Å². The van der Waals surface area contributed by atoms with Crippen molar-refractivity contribution in [3.63, 3.8) is 0 Å². The lowest BCUT2D eigenvalue weighted by molar-refractivity contribution is 0.332. The SMILES string of the molecule is Cc1cc2c3c(c1)N(c1ccc(C(C)(C)C)cc1-c1ccc(C(C)(C)C)cc1)c1c(sc4c1C(C)(C)CCC4(C)C)B3c1cc3c(cc1N2c1ccc(C(C)(C)C)cc1)C(C)(C)CCC3(C)C. The molecule has 1 aromatic heterocycles. The van der Waals surface area contributed by atoms with Crippen molar-refractivity contribution >= 4 is 67.9 Å². The summed E-state index contributed by atoms with van der Waals surface area (Å²) >= 11 is 2.14. The summed E-state index contributed by atoms with van der Waals surface area (Å²) in [6.07, 6.45) is 4.72. The molecule has 0 N–H and O–H groups in total. The summed E-state index contributed by atoms with van der Waals surface area (Å²) in [5, 5.41) is 0. The fourth-order valence-electron chi connectivity index (χ4n) is 12.2. The third-order valence-corrected chi connectivity index (χ3v) is 18.4. The van der Waals surface area contributed by atoms with E-state index >= 15 is 0 Å². The zero-order chi connectivity index (χ0) is 48.3. The Morgan fingerprint density at radius 1 is 0.493 bits per heavy atom. The number of rotatable bonds is 3. The minimum Gasteiger partial charge on any atom is -0.311 e. The average Bonchev–Trinajstić information content (AvgIpc) is 3.66. The molecule has 2 nitrogen and oxygen atoms in total. The first-order valence-electron chi connectivity index (χ1n) is 25.5. The Kier molecular flexibility index (Phi) is 10.2. The third-order valence-electron chi connectivity index (χ3n) is 16.8. The molecule has 4 heteroatoms. The Labute approximate surface area is 409 Å². The molecule has 5 aromatic carbocycles. The topological polar surface area (TPSA) is 6.48 Å². The Bertz CT molecular complexity index is 2970. The molecule has 0 fully saturated rings. The highest BCUT2D eigenvalue weighted by atomic mass is 32.1. The first-order chi connectivity index (χ1) is 31.0. The van der Waals surface area contributed by atoms with Crippen molar-refractivity contribution in [1.82, 2.24) is 0 Å². The van der Waals surface area contributed by atoms with E-state index in [9.17, 15) is 0 Å². The maximum atomic E-state index is 2.78. The van der Waals surface area contributed by atoms with Gasteiger partial charge in [-0.1, -0.05) is 166 Å². The highest BCUT2D eigenvalue weighted by molar-refractivity contribution is 7.29. The normalized spacial score (nSPS) is 18.7. The standard InChI is InChI=1S/C63H77BN2S/c1-38-33-50-53-51(34-38)66(48-28-25-42(59(8,9)10)35-44(48)39-19-21-40(22-20-39)57(2,3)4)54-52-55(63(17,18)32-31-62(52,15)16)67-56(54)64(53)47-36-45-46(61(13,14)30-29-60(45,11)12)37-49(47)65(50)43-26-23-41(24-27-43)58(5,6)7/h19-28,33-37H,29-32H2,1-18H3. The van der Waals surface area contributed by atoms with E-state index in [0.29, 0.717) is 0 Å². The van der Waals surface area contributed by atoms with Crippen LogP contribution in [0.3, 0.4) is 0 Å². The number of thiophene rings is 1. The van der Waals surface area contributed by atoms with Gasteiger partial charge in [-0.25, -0.2) is 0 Å². The molecule has 0 unspecified atom stereocenters. The van der Waals surface area contributed by atoms with Crippen LogP contribution in [0.1, 0.15) is 187 Å². The molecular formula is C63H77BN2S. The van der Waals surface area contributed by atoms with Crippen LogP contribution >= 0.6 is 11.3 Å². The number of fused-ring (bicyclic) bond motifs is 7. The fourth-order valence-corrected chi connectivity index (χ4v) is 13.9. The molecule has 2 aliphatic carbocycles. The first kappa shape index (κ1) is 46.2. The highest BCUT2D eigenvalue weighted by Gasteiger charge is 2.52. The van der Waals surface area contributed by atoms with E-state index in [-0.39, 0.29) is 44.6 Å². The lowest BCUT2D eigenvalue weighted by Gasteiger charge is -2.48. The van der Waals surface area contributed by atoms with Crippen LogP contribution in [0, 0.1) is 6.92 Å². The van der Waals surface area contributed by atoms with Crippen LogP contribution in [0.25, 0.3) is 11.1 Å². The molecule has 0 spiro atoms. The molecule has 0 atom stereocenters. The van der Waals surface area contributed by atoms with Gasteiger partial charge in [-0.15, -0.1) is 0 Å². The van der Waals surface area contributed by atoms with E-state index in [0.717, 1.165) is 6.42 Å². The van der Waals surface area contributed by atoms with Crippen molar-refractivity contribution in [3.05, 3.63) is 135 Å². The Morgan fingerprint density at radius 3 is 1.55 bits per heavy atom. The number of hydrogen-bond acceptors (Lipinski definition) is 3. The summed E-state index contributed by atoms with van der Waals surface area (Å²) in [6.45, 7) is 43.5. The fraction of sp³-hybridized carbons (Fsp3) is 0.460. The number of aryl methyl sites for hydroxylation is 1. The van der Waals surface area contributed by atoms with Crippen LogP contribution in [0.5, 0.6) is 0 Å². The molecule has 67 heavy (non-hydrogen) atoms. The first-order valence-corrected chi connectivity index (χ1v) is 26.3. The van der Waals surface area contributed by atoms with Crippen molar-refractivity contribution in [3.8, 4) is 11.1 Å². The third kappa shape index (κ3) is 7.31. The predicted molar refractivity (Wildman–Crippen MR) is 295 cm³/mol. The molecule has 0 bridgehead atoms. The molecule has 0 radical (unpaired) electrons. The number of hydrogen-bond donors (Lipinski definition) is 0. The van der Waals surface area contributed by atoms with Gasteiger partial charge in [-0.05, 0) is 168 Å². The second-order valence-electron chi connectivity index (χ2n) is 26.9. The molecule has 0 amide bonds. The van der Waals surface area contributed by atoms with E-state index < -0.39 is 0 Å². The zero-order valence-corrected chi connectivity index (χ0v) is 45.2. The highest BCUT2D eigenvalue weighted by Crippen LogP contribution is 2.58. The molecule has 4 aliphatic rings. The van der Waals surface area contributed by atoms with Crippen molar-refractivity contribution in [2.45, 2.75) is 188 Å². The van der Waals surface area contributed by atoms with Crippen LogP contribution in [0.4, 0.5) is 34.1 Å². The van der Waals surface area contributed by atoms with Gasteiger partial charge in [-0.2, -0.15) is 11.3 Å². The van der Waals surface area contributed by atoms with Gasteiger partial charge in [0, 0.05) is 38.0 Å². The summed E-state index contributed by atoms with van der Waals surface area (Å²) in [7, 11) is 0. The summed E-state index contributed by atoms with van der Waals surface area (Å²) in [5.41, 5.74) is 23.7. The van der Waals surface area contributed by atoms with Gasteiger partial charge < -0.3 is 9.80 Å². The Hall–Kier alpha value is -4.54. The van der Waals surface area contributed by atoms with E-state index in [1.54, 1.807) is 10.4 Å². The minimum absolute atomic E-state index is 0.00256. The van der Waals surface area contributed by atoms with Crippen LogP contribution in [0.15, 0.2) is 91.0 Å². The quantitative estimate of drug-likeness (QED) is 0.163. The van der Waals surface area contributed by atoms with Gasteiger partial charge in [0.05, 0.1) is 11.4 Å². The van der Waals surface area contributed by atoms with Gasteiger partial charge in [0.25, 0.3) is 6.71 Å². The number of nitrogens with zero attached hydrogens (tertiary/aromatic N) is 2. The average molecular weight is 905 g/mol. The summed E-state index contributed by atoms with van der Waals surface area (Å²) in [5.74, 6) is 0. The van der Waals surface area contributed by atoms with Crippen LogP contribution < -0.4 is 25.5 Å². The van der Waals surface area contributed by atoms with Gasteiger partial charge >= 0.3 is 0 Å². The Balaban J connectivity index is 1.35. The summed E-state index contributed by atoms with van der Waals surface area (Å²) in [6, 6.07) is 37.0. The molecule has 6 aromatic rings. The van der Waals surface area contributed by atoms with Crippen LogP contribution in [-0.2, 0) is 37.9 Å². The van der Waals surface area contributed by atoms with Crippen molar-refractivity contribution in [2.24, 2.45) is 0 Å². The molecule has 0 saturated carbocycles. The van der Waals surface area contributed by atoms with Gasteiger partial charge in [0.2, 0.25) is 0 Å². The van der Waals surface area contributed by atoms with E-state index in [2.05, 4.69) is 237 Å². The van der Waals surface area contributed by atoms with E-state index in [1.165, 1.54) is 114 Å².